The SMILES string of the molecule is CC(C)CCCC(C)CCCC(C)CCCCC(C)c1ccc(S(=O)(=O)[O-])cc1. The van der Waals surface area contributed by atoms with E-state index in [0.29, 0.717) is 5.92 Å². The van der Waals surface area contributed by atoms with E-state index >= 15 is 0 Å². The quantitative estimate of drug-likeness (QED) is 0.216. The van der Waals surface area contributed by atoms with E-state index in [4.69, 9.17) is 0 Å². The van der Waals surface area contributed by atoms with Gasteiger partial charge in [0.15, 0.2) is 0 Å². The van der Waals surface area contributed by atoms with Crippen molar-refractivity contribution in [2.45, 2.75) is 110 Å². The van der Waals surface area contributed by atoms with Crippen molar-refractivity contribution in [3.8, 4) is 0 Å². The summed E-state index contributed by atoms with van der Waals surface area (Å²) in [5.74, 6) is 2.89. The second-order valence-electron chi connectivity index (χ2n) is 9.67. The fourth-order valence-corrected chi connectivity index (χ4v) is 4.52. The van der Waals surface area contributed by atoms with Gasteiger partial charge in [0.2, 0.25) is 0 Å². The minimum absolute atomic E-state index is 0.142. The van der Waals surface area contributed by atoms with Crippen molar-refractivity contribution in [3.05, 3.63) is 29.8 Å². The standard InChI is InChI=1S/C25H44O3S/c1-20(2)10-8-12-22(4)14-9-13-21(3)11-6-7-15-23(5)24-16-18-25(19-17-24)29(26,27)28/h16-23H,6-15H2,1-5H3,(H,26,27,28)/p-1. The first kappa shape index (κ1) is 26.2. The van der Waals surface area contributed by atoms with Crippen molar-refractivity contribution in [2.24, 2.45) is 17.8 Å². The van der Waals surface area contributed by atoms with E-state index in [0.717, 1.165) is 29.7 Å². The third kappa shape index (κ3) is 11.8. The van der Waals surface area contributed by atoms with Crippen LogP contribution in [0.15, 0.2) is 29.2 Å². The maximum Gasteiger partial charge on any atom is 0.124 e. The highest BCUT2D eigenvalue weighted by molar-refractivity contribution is 7.85. The monoisotopic (exact) mass is 423 g/mol. The normalized spacial score (nSPS) is 15.4. The predicted octanol–water partition coefficient (Wildman–Crippen LogP) is 7.52. The molecule has 0 aliphatic rings. The lowest BCUT2D eigenvalue weighted by Gasteiger charge is -2.16. The second-order valence-corrected chi connectivity index (χ2v) is 11.1. The second kappa shape index (κ2) is 13.4. The Morgan fingerprint density at radius 3 is 1.62 bits per heavy atom. The average Bonchev–Trinajstić information content (AvgIpc) is 2.64. The number of hydrogen-bond acceptors (Lipinski definition) is 3. The predicted molar refractivity (Wildman–Crippen MR) is 122 cm³/mol. The number of hydrogen-bond donors (Lipinski definition) is 0. The number of rotatable bonds is 15. The molecule has 3 atom stereocenters. The van der Waals surface area contributed by atoms with Crippen LogP contribution < -0.4 is 0 Å². The molecule has 0 bridgehead atoms. The van der Waals surface area contributed by atoms with Crippen LogP contribution in [0.4, 0.5) is 0 Å². The van der Waals surface area contributed by atoms with E-state index in [1.54, 1.807) is 12.1 Å². The van der Waals surface area contributed by atoms with Crippen molar-refractivity contribution in [3.63, 3.8) is 0 Å². The van der Waals surface area contributed by atoms with Crippen LogP contribution in [0.3, 0.4) is 0 Å². The van der Waals surface area contributed by atoms with Gasteiger partial charge in [-0.1, -0.05) is 105 Å². The highest BCUT2D eigenvalue weighted by atomic mass is 32.2. The summed E-state index contributed by atoms with van der Waals surface area (Å²) in [7, 11) is -4.35. The van der Waals surface area contributed by atoms with Crippen LogP contribution in [-0.4, -0.2) is 13.0 Å². The summed E-state index contributed by atoms with van der Waals surface area (Å²) in [6.07, 6.45) is 13.0. The van der Waals surface area contributed by atoms with Gasteiger partial charge in [0.25, 0.3) is 0 Å². The first-order chi connectivity index (χ1) is 13.6. The summed E-state index contributed by atoms with van der Waals surface area (Å²) in [5, 5.41) is 0. The molecule has 0 fully saturated rings. The molecule has 0 aromatic heterocycles. The molecule has 1 rings (SSSR count). The Balaban J connectivity index is 2.15. The Bertz CT molecular complexity index is 649. The molecule has 0 spiro atoms. The molecule has 168 valence electrons. The Morgan fingerprint density at radius 2 is 1.14 bits per heavy atom. The van der Waals surface area contributed by atoms with Gasteiger partial charge in [-0.25, -0.2) is 8.42 Å². The lowest BCUT2D eigenvalue weighted by atomic mass is 9.90. The summed E-state index contributed by atoms with van der Waals surface area (Å²) in [5.41, 5.74) is 1.11. The molecular formula is C25H43O3S-. The van der Waals surface area contributed by atoms with E-state index in [1.807, 2.05) is 0 Å². The minimum Gasteiger partial charge on any atom is -0.744 e. The van der Waals surface area contributed by atoms with Gasteiger partial charge in [-0.3, -0.25) is 0 Å². The molecule has 3 unspecified atom stereocenters. The van der Waals surface area contributed by atoms with Crippen LogP contribution >= 0.6 is 0 Å². The first-order valence-corrected chi connectivity index (χ1v) is 13.1. The molecule has 0 amide bonds. The zero-order valence-corrected chi connectivity index (χ0v) is 20.1. The van der Waals surface area contributed by atoms with Gasteiger partial charge in [-0.15, -0.1) is 0 Å². The largest absolute Gasteiger partial charge is 0.744 e. The van der Waals surface area contributed by atoms with Crippen LogP contribution in [0.1, 0.15) is 110 Å². The van der Waals surface area contributed by atoms with Gasteiger partial charge < -0.3 is 4.55 Å². The van der Waals surface area contributed by atoms with Crippen molar-refractivity contribution in [2.75, 3.05) is 0 Å². The van der Waals surface area contributed by atoms with Gasteiger partial charge in [0.1, 0.15) is 10.1 Å². The van der Waals surface area contributed by atoms with E-state index in [9.17, 15) is 13.0 Å². The van der Waals surface area contributed by atoms with Gasteiger partial charge in [0.05, 0.1) is 4.90 Å². The summed E-state index contributed by atoms with van der Waals surface area (Å²) in [6, 6.07) is 6.42. The van der Waals surface area contributed by atoms with Crippen molar-refractivity contribution >= 4 is 10.1 Å². The van der Waals surface area contributed by atoms with E-state index < -0.39 is 10.1 Å². The number of unbranched alkanes of at least 4 members (excludes halogenated alkanes) is 1. The molecule has 4 heteroatoms. The first-order valence-electron chi connectivity index (χ1n) is 11.7. The van der Waals surface area contributed by atoms with Crippen LogP contribution in [0.25, 0.3) is 0 Å². The molecule has 1 aromatic rings. The third-order valence-electron chi connectivity index (χ3n) is 6.19. The van der Waals surface area contributed by atoms with Crippen LogP contribution in [0.2, 0.25) is 0 Å². The molecule has 0 N–H and O–H groups in total. The molecule has 0 saturated heterocycles. The highest BCUT2D eigenvalue weighted by Crippen LogP contribution is 2.25. The van der Waals surface area contributed by atoms with Crippen LogP contribution in [0, 0.1) is 17.8 Å². The molecular weight excluding hydrogens is 380 g/mol. The number of benzene rings is 1. The van der Waals surface area contributed by atoms with E-state index in [1.165, 1.54) is 69.9 Å². The summed E-state index contributed by atoms with van der Waals surface area (Å²) >= 11 is 0. The van der Waals surface area contributed by atoms with Gasteiger partial charge in [-0.05, 0) is 47.8 Å². The van der Waals surface area contributed by atoms with E-state index in [-0.39, 0.29) is 4.90 Å². The van der Waals surface area contributed by atoms with Crippen LogP contribution in [0.5, 0.6) is 0 Å². The maximum absolute atomic E-state index is 11.0. The lowest BCUT2D eigenvalue weighted by molar-refractivity contribution is 0.385. The summed E-state index contributed by atoms with van der Waals surface area (Å²) in [6.45, 7) is 11.6. The Kier molecular flexibility index (Phi) is 12.1. The van der Waals surface area contributed by atoms with Crippen LogP contribution in [-0.2, 0) is 10.1 Å². The molecule has 0 aliphatic heterocycles. The van der Waals surface area contributed by atoms with E-state index in [2.05, 4.69) is 34.6 Å². The zero-order valence-electron chi connectivity index (χ0n) is 19.3. The molecule has 1 aromatic carbocycles. The smallest absolute Gasteiger partial charge is 0.124 e. The average molecular weight is 424 g/mol. The lowest BCUT2D eigenvalue weighted by Crippen LogP contribution is -2.01. The highest BCUT2D eigenvalue weighted by Gasteiger charge is 2.09. The Hall–Kier alpha value is -0.870. The topological polar surface area (TPSA) is 57.2 Å². The molecule has 0 radical (unpaired) electrons. The Labute approximate surface area is 180 Å². The molecule has 0 aliphatic carbocycles. The third-order valence-corrected chi connectivity index (χ3v) is 7.04. The van der Waals surface area contributed by atoms with Crippen molar-refractivity contribution < 1.29 is 13.0 Å². The van der Waals surface area contributed by atoms with Crippen molar-refractivity contribution in [1.82, 2.24) is 0 Å². The Morgan fingerprint density at radius 1 is 0.690 bits per heavy atom. The fourth-order valence-electron chi connectivity index (χ4n) is 4.05. The maximum atomic E-state index is 11.0. The molecule has 3 nitrogen and oxygen atoms in total. The van der Waals surface area contributed by atoms with Gasteiger partial charge in [-0.2, -0.15) is 0 Å². The summed E-state index contributed by atoms with van der Waals surface area (Å²) in [4.78, 5) is -0.142. The molecule has 29 heavy (non-hydrogen) atoms. The van der Waals surface area contributed by atoms with Gasteiger partial charge >= 0.3 is 0 Å². The molecule has 0 heterocycles. The van der Waals surface area contributed by atoms with Gasteiger partial charge in [0, 0.05) is 0 Å². The molecule has 0 saturated carbocycles. The minimum atomic E-state index is -4.35. The van der Waals surface area contributed by atoms with Crippen molar-refractivity contribution in [1.29, 1.82) is 0 Å². The fraction of sp³-hybridized carbons (Fsp3) is 0.760. The zero-order chi connectivity index (χ0) is 21.9. The summed E-state index contributed by atoms with van der Waals surface area (Å²) < 4.78 is 33.0.